The summed E-state index contributed by atoms with van der Waals surface area (Å²) in [6.07, 6.45) is 1.89. The van der Waals surface area contributed by atoms with Crippen LogP contribution in [0.5, 0.6) is 17.2 Å². The smallest absolute Gasteiger partial charge is 0.508 e. The van der Waals surface area contributed by atoms with E-state index in [2.05, 4.69) is 26.0 Å². The van der Waals surface area contributed by atoms with Crippen molar-refractivity contribution in [1.82, 2.24) is 0 Å². The fraction of sp³-hybridized carbons (Fsp3) is 0.457. The second-order valence-corrected chi connectivity index (χ2v) is 11.6. The summed E-state index contributed by atoms with van der Waals surface area (Å²) in [6.45, 7) is 14.3. The van der Waals surface area contributed by atoms with Crippen molar-refractivity contribution in [1.29, 1.82) is 0 Å². The predicted molar refractivity (Wildman–Crippen MR) is 163 cm³/mol. The molecule has 3 rings (SSSR count). The van der Waals surface area contributed by atoms with Crippen LogP contribution >= 0.6 is 0 Å². The zero-order valence-electron chi connectivity index (χ0n) is 25.6. The van der Waals surface area contributed by atoms with Gasteiger partial charge in [0.15, 0.2) is 6.29 Å². The third-order valence-corrected chi connectivity index (χ3v) is 7.16. The molecule has 4 unspecified atom stereocenters. The van der Waals surface area contributed by atoms with Crippen molar-refractivity contribution in [2.45, 2.75) is 97.4 Å². The third kappa shape index (κ3) is 10.4. The highest BCUT2D eigenvalue weighted by molar-refractivity contribution is 5.64. The summed E-state index contributed by atoms with van der Waals surface area (Å²) in [5.41, 5.74) is 3.04. The Morgan fingerprint density at radius 1 is 0.756 bits per heavy atom. The summed E-state index contributed by atoms with van der Waals surface area (Å²) >= 11 is 0. The second kappa shape index (κ2) is 14.9. The summed E-state index contributed by atoms with van der Waals surface area (Å²) in [6, 6.07) is 23.6. The monoisotopic (exact) mass is 562 g/mol. The molecule has 3 aromatic carbocycles. The lowest BCUT2D eigenvalue weighted by Crippen LogP contribution is -2.25. The molecule has 4 atom stereocenters. The normalized spacial score (nSPS) is 14.5. The lowest BCUT2D eigenvalue weighted by Gasteiger charge is -2.27. The van der Waals surface area contributed by atoms with Gasteiger partial charge in [-0.15, -0.1) is 0 Å². The number of hydrogen-bond donors (Lipinski definition) is 1. The van der Waals surface area contributed by atoms with Crippen molar-refractivity contribution in [2.75, 3.05) is 6.61 Å². The molecule has 0 aliphatic rings. The number of ether oxygens (including phenoxy) is 4. The van der Waals surface area contributed by atoms with Crippen LogP contribution in [0, 0.1) is 0 Å². The Labute approximate surface area is 245 Å². The Balaban J connectivity index is 1.80. The molecular weight excluding hydrogens is 516 g/mol. The molecule has 0 aliphatic heterocycles. The molecular formula is C35H46O6. The van der Waals surface area contributed by atoms with E-state index in [1.54, 1.807) is 12.1 Å². The molecule has 3 aromatic rings. The summed E-state index contributed by atoms with van der Waals surface area (Å²) in [5, 5.41) is 9.76. The highest BCUT2D eigenvalue weighted by atomic mass is 16.7. The number of aromatic hydroxyl groups is 1. The number of hydrogen-bond acceptors (Lipinski definition) is 6. The van der Waals surface area contributed by atoms with Gasteiger partial charge in [0.05, 0.1) is 0 Å². The van der Waals surface area contributed by atoms with Crippen molar-refractivity contribution in [2.24, 2.45) is 0 Å². The SMILES string of the molecule is CCOC(C)Oc1ccc(C(CC)CC(CC(C)c2ccc(O)cc2)c2ccc(OC(=O)OC(C)(C)C)cc2)cc1. The molecule has 1 N–H and O–H groups in total. The van der Waals surface area contributed by atoms with Gasteiger partial charge >= 0.3 is 6.16 Å². The molecule has 222 valence electrons. The van der Waals surface area contributed by atoms with Gasteiger partial charge in [-0.3, -0.25) is 0 Å². The molecule has 0 bridgehead atoms. The van der Waals surface area contributed by atoms with Crippen LogP contribution < -0.4 is 9.47 Å². The van der Waals surface area contributed by atoms with E-state index in [0.29, 0.717) is 18.3 Å². The van der Waals surface area contributed by atoms with Gasteiger partial charge in [-0.05, 0) is 125 Å². The van der Waals surface area contributed by atoms with Crippen molar-refractivity contribution >= 4 is 6.16 Å². The fourth-order valence-corrected chi connectivity index (χ4v) is 5.07. The first-order chi connectivity index (χ1) is 19.5. The standard InChI is InChI=1S/C35H46O6/c1-8-26(28-12-18-32(19-13-28)39-25(4)38-9-2)23-30(22-24(3)27-10-16-31(36)17-11-27)29-14-20-33(21-15-29)40-34(37)41-35(5,6)7/h10-21,24-26,30,36H,8-9,22-23H2,1-7H3. The van der Waals surface area contributed by atoms with Crippen LogP contribution in [-0.4, -0.2) is 29.8 Å². The Bertz CT molecular complexity index is 1200. The second-order valence-electron chi connectivity index (χ2n) is 11.6. The molecule has 0 aromatic heterocycles. The first kappa shape index (κ1) is 32.0. The summed E-state index contributed by atoms with van der Waals surface area (Å²) in [4.78, 5) is 12.2. The lowest BCUT2D eigenvalue weighted by molar-refractivity contribution is -0.0613. The lowest BCUT2D eigenvalue weighted by atomic mass is 9.78. The predicted octanol–water partition coefficient (Wildman–Crippen LogP) is 9.33. The minimum Gasteiger partial charge on any atom is -0.508 e. The number of carbonyl (C=O) groups excluding carboxylic acids is 1. The Kier molecular flexibility index (Phi) is 11.7. The average Bonchev–Trinajstić information content (AvgIpc) is 2.91. The molecule has 0 saturated heterocycles. The van der Waals surface area contributed by atoms with Crippen LogP contribution in [-0.2, 0) is 9.47 Å². The zero-order chi connectivity index (χ0) is 30.0. The van der Waals surface area contributed by atoms with Crippen LogP contribution in [0.25, 0.3) is 0 Å². The fourth-order valence-electron chi connectivity index (χ4n) is 5.07. The van der Waals surface area contributed by atoms with E-state index in [-0.39, 0.29) is 23.9 Å². The quantitative estimate of drug-likeness (QED) is 0.127. The van der Waals surface area contributed by atoms with E-state index in [9.17, 15) is 9.90 Å². The summed E-state index contributed by atoms with van der Waals surface area (Å²) in [7, 11) is 0. The van der Waals surface area contributed by atoms with Crippen molar-refractivity contribution in [3.05, 3.63) is 89.5 Å². The molecule has 41 heavy (non-hydrogen) atoms. The van der Waals surface area contributed by atoms with E-state index in [0.717, 1.165) is 25.0 Å². The highest BCUT2D eigenvalue weighted by Gasteiger charge is 2.23. The number of phenolic OH excluding ortho intramolecular Hbond substituents is 1. The molecule has 0 saturated carbocycles. The van der Waals surface area contributed by atoms with E-state index in [1.807, 2.05) is 83.1 Å². The molecule has 0 heterocycles. The first-order valence-electron chi connectivity index (χ1n) is 14.6. The Morgan fingerprint density at radius 3 is 1.83 bits per heavy atom. The van der Waals surface area contributed by atoms with E-state index in [4.69, 9.17) is 18.9 Å². The maximum atomic E-state index is 12.2. The first-order valence-corrected chi connectivity index (χ1v) is 14.6. The molecule has 0 aliphatic carbocycles. The summed E-state index contributed by atoms with van der Waals surface area (Å²) in [5.74, 6) is 2.41. The van der Waals surface area contributed by atoms with Gasteiger partial charge in [-0.2, -0.15) is 0 Å². The molecule has 0 spiro atoms. The minimum absolute atomic E-state index is 0.258. The number of benzene rings is 3. The van der Waals surface area contributed by atoms with E-state index in [1.165, 1.54) is 16.7 Å². The van der Waals surface area contributed by atoms with Gasteiger partial charge in [-0.25, -0.2) is 4.79 Å². The van der Waals surface area contributed by atoms with Gasteiger partial charge in [-0.1, -0.05) is 50.2 Å². The minimum atomic E-state index is -0.711. The molecule has 0 amide bonds. The van der Waals surface area contributed by atoms with Crippen LogP contribution in [0.2, 0.25) is 0 Å². The van der Waals surface area contributed by atoms with Crippen LogP contribution in [0.3, 0.4) is 0 Å². The van der Waals surface area contributed by atoms with Gasteiger partial charge < -0.3 is 24.1 Å². The number of carbonyl (C=O) groups is 1. The highest BCUT2D eigenvalue weighted by Crippen LogP contribution is 2.39. The Morgan fingerprint density at radius 2 is 1.29 bits per heavy atom. The molecule has 0 radical (unpaired) electrons. The Hall–Kier alpha value is -3.51. The van der Waals surface area contributed by atoms with E-state index < -0.39 is 11.8 Å². The van der Waals surface area contributed by atoms with Crippen LogP contribution in [0.1, 0.15) is 102 Å². The largest absolute Gasteiger partial charge is 0.514 e. The van der Waals surface area contributed by atoms with E-state index >= 15 is 0 Å². The average molecular weight is 563 g/mol. The zero-order valence-corrected chi connectivity index (χ0v) is 25.6. The van der Waals surface area contributed by atoms with Gasteiger partial charge in [0.2, 0.25) is 0 Å². The van der Waals surface area contributed by atoms with Gasteiger partial charge in [0, 0.05) is 6.61 Å². The van der Waals surface area contributed by atoms with Crippen molar-refractivity contribution < 1.29 is 28.8 Å². The maximum absolute atomic E-state index is 12.2. The van der Waals surface area contributed by atoms with Gasteiger partial charge in [0.25, 0.3) is 0 Å². The van der Waals surface area contributed by atoms with Crippen molar-refractivity contribution in [3.63, 3.8) is 0 Å². The van der Waals surface area contributed by atoms with Crippen LogP contribution in [0.4, 0.5) is 4.79 Å². The topological polar surface area (TPSA) is 74.2 Å². The molecule has 0 fully saturated rings. The maximum Gasteiger partial charge on any atom is 0.514 e. The van der Waals surface area contributed by atoms with Crippen LogP contribution in [0.15, 0.2) is 72.8 Å². The summed E-state index contributed by atoms with van der Waals surface area (Å²) < 4.78 is 22.1. The number of phenols is 1. The molecule has 6 nitrogen and oxygen atoms in total. The van der Waals surface area contributed by atoms with Crippen molar-refractivity contribution in [3.8, 4) is 17.2 Å². The number of rotatable bonds is 13. The third-order valence-electron chi connectivity index (χ3n) is 7.16. The van der Waals surface area contributed by atoms with Gasteiger partial charge in [0.1, 0.15) is 22.8 Å². The molecule has 6 heteroatoms.